The molecule has 0 spiro atoms. The average Bonchev–Trinajstić information content (AvgIpc) is 2.97. The van der Waals surface area contributed by atoms with Crippen LogP contribution < -0.4 is 10.7 Å². The third-order valence-corrected chi connectivity index (χ3v) is 4.44. The number of hydrazone groups is 1. The van der Waals surface area contributed by atoms with Gasteiger partial charge >= 0.3 is 0 Å². The molecule has 1 aromatic carbocycles. The van der Waals surface area contributed by atoms with E-state index in [4.69, 9.17) is 16.6 Å². The van der Waals surface area contributed by atoms with Crippen molar-refractivity contribution in [2.75, 3.05) is 19.4 Å². The van der Waals surface area contributed by atoms with Crippen molar-refractivity contribution in [3.05, 3.63) is 53.0 Å². The van der Waals surface area contributed by atoms with Crippen molar-refractivity contribution in [2.45, 2.75) is 26.2 Å². The van der Waals surface area contributed by atoms with E-state index < -0.39 is 0 Å². The molecule has 136 valence electrons. The lowest BCUT2D eigenvalue weighted by atomic mass is 9.93. The number of hydrogen-bond acceptors (Lipinski definition) is 4. The number of rotatable bonds is 3. The maximum Gasteiger partial charge on any atom is 0.289 e. The average molecular weight is 370 g/mol. The molecule has 26 heavy (non-hydrogen) atoms. The van der Waals surface area contributed by atoms with Crippen molar-refractivity contribution in [3.63, 3.8) is 0 Å². The molecule has 2 aromatic rings. The van der Waals surface area contributed by atoms with Crippen LogP contribution in [0.2, 0.25) is 0 Å². The molecule has 1 heterocycles. The van der Waals surface area contributed by atoms with Gasteiger partial charge in [0.2, 0.25) is 0 Å². The lowest BCUT2D eigenvalue weighted by Crippen LogP contribution is -2.26. The molecule has 3 rings (SSSR count). The first kappa shape index (κ1) is 18.1. The van der Waals surface area contributed by atoms with Crippen LogP contribution in [0.1, 0.15) is 40.3 Å². The Labute approximate surface area is 158 Å². The number of nitrogens with zero attached hydrogens (tertiary/aromatic N) is 2. The first-order chi connectivity index (χ1) is 12.5. The number of anilines is 1. The number of para-hydroxylation sites is 1. The summed E-state index contributed by atoms with van der Waals surface area (Å²) in [6, 6.07) is 9.67. The molecule has 6 nitrogen and oxygen atoms in total. The number of furan rings is 1. The second-order valence-electron chi connectivity index (χ2n) is 6.40. The van der Waals surface area contributed by atoms with Gasteiger partial charge in [-0.3, -0.25) is 10.2 Å². The topological polar surface area (TPSA) is 69.9 Å². The standard InChI is InChI=1S/C19H22N4O2S/c1-12-16-14(21-22-19(26)20-13-8-5-4-6-9-13)10-7-11-15(16)25-17(12)18(24)23(2)3/h4-6,8-9H,7,10-11H2,1-3H3,(H2,20,22,26)/b21-14+. The lowest BCUT2D eigenvalue weighted by Gasteiger charge is -2.14. The maximum absolute atomic E-state index is 12.3. The van der Waals surface area contributed by atoms with E-state index in [1.807, 2.05) is 37.3 Å². The smallest absolute Gasteiger partial charge is 0.289 e. The Kier molecular flexibility index (Phi) is 5.37. The monoisotopic (exact) mass is 370 g/mol. The molecule has 1 amide bonds. The highest BCUT2D eigenvalue weighted by Gasteiger charge is 2.28. The normalized spacial score (nSPS) is 14.7. The third kappa shape index (κ3) is 3.77. The highest BCUT2D eigenvalue weighted by Crippen LogP contribution is 2.30. The summed E-state index contributed by atoms with van der Waals surface area (Å²) in [5, 5.41) is 7.98. The van der Waals surface area contributed by atoms with E-state index in [0.717, 1.165) is 47.5 Å². The second-order valence-corrected chi connectivity index (χ2v) is 6.81. The third-order valence-electron chi connectivity index (χ3n) is 4.25. The Hall–Kier alpha value is -2.67. The van der Waals surface area contributed by atoms with Gasteiger partial charge in [-0.05, 0) is 44.1 Å². The van der Waals surface area contributed by atoms with E-state index in [0.29, 0.717) is 10.9 Å². The number of aryl methyl sites for hydroxylation is 1. The minimum atomic E-state index is -0.134. The number of carbonyl (C=O) groups excluding carboxylic acids is 1. The van der Waals surface area contributed by atoms with Gasteiger partial charge in [-0.25, -0.2) is 0 Å². The molecule has 7 heteroatoms. The van der Waals surface area contributed by atoms with E-state index in [9.17, 15) is 4.79 Å². The van der Waals surface area contributed by atoms with Gasteiger partial charge in [0.25, 0.3) is 5.91 Å². The zero-order valence-corrected chi connectivity index (χ0v) is 15.9. The fraction of sp³-hybridized carbons (Fsp3) is 0.316. The largest absolute Gasteiger partial charge is 0.455 e. The lowest BCUT2D eigenvalue weighted by molar-refractivity contribution is 0.0794. The van der Waals surface area contributed by atoms with Crippen molar-refractivity contribution < 1.29 is 9.21 Å². The maximum atomic E-state index is 12.3. The summed E-state index contributed by atoms with van der Waals surface area (Å²) < 4.78 is 5.84. The van der Waals surface area contributed by atoms with Crippen LogP contribution >= 0.6 is 12.2 Å². The number of amides is 1. The molecule has 0 atom stereocenters. The molecule has 1 aliphatic carbocycles. The number of nitrogens with one attached hydrogen (secondary N) is 2. The van der Waals surface area contributed by atoms with E-state index in [1.165, 1.54) is 4.90 Å². The van der Waals surface area contributed by atoms with E-state index in [2.05, 4.69) is 15.8 Å². The molecule has 0 radical (unpaired) electrons. The van der Waals surface area contributed by atoms with Crippen LogP contribution in [0.3, 0.4) is 0 Å². The quantitative estimate of drug-likeness (QED) is 0.641. The molecular weight excluding hydrogens is 348 g/mol. The van der Waals surface area contributed by atoms with Gasteiger partial charge < -0.3 is 14.6 Å². The number of fused-ring (bicyclic) bond motifs is 1. The van der Waals surface area contributed by atoms with Gasteiger partial charge in [-0.15, -0.1) is 0 Å². The molecule has 0 bridgehead atoms. The van der Waals surface area contributed by atoms with Crippen LogP contribution in [0.5, 0.6) is 0 Å². The van der Waals surface area contributed by atoms with Gasteiger partial charge in [-0.1, -0.05) is 18.2 Å². The van der Waals surface area contributed by atoms with Gasteiger partial charge in [0.1, 0.15) is 5.76 Å². The molecule has 0 saturated heterocycles. The Morgan fingerprint density at radius 1 is 1.23 bits per heavy atom. The molecule has 2 N–H and O–H groups in total. The molecule has 0 aliphatic heterocycles. The molecule has 1 aromatic heterocycles. The zero-order chi connectivity index (χ0) is 18.7. The Morgan fingerprint density at radius 3 is 2.65 bits per heavy atom. The minimum Gasteiger partial charge on any atom is -0.455 e. The Morgan fingerprint density at radius 2 is 1.96 bits per heavy atom. The highest BCUT2D eigenvalue weighted by molar-refractivity contribution is 7.80. The van der Waals surface area contributed by atoms with Crippen LogP contribution in [-0.2, 0) is 6.42 Å². The van der Waals surface area contributed by atoms with Crippen molar-refractivity contribution in [1.82, 2.24) is 10.3 Å². The first-order valence-corrected chi connectivity index (χ1v) is 8.91. The summed E-state index contributed by atoms with van der Waals surface area (Å²) in [5.74, 6) is 1.08. The number of hydrogen-bond donors (Lipinski definition) is 2. The molecule has 0 saturated carbocycles. The molecular formula is C19H22N4O2S. The van der Waals surface area contributed by atoms with E-state index >= 15 is 0 Å². The molecule has 0 fully saturated rings. The van der Waals surface area contributed by atoms with Crippen LogP contribution in [0.15, 0.2) is 39.9 Å². The summed E-state index contributed by atoms with van der Waals surface area (Å²) >= 11 is 5.30. The summed E-state index contributed by atoms with van der Waals surface area (Å²) in [7, 11) is 3.43. The Bertz CT molecular complexity index is 856. The molecule has 0 unspecified atom stereocenters. The highest BCUT2D eigenvalue weighted by atomic mass is 32.1. The number of thiocarbonyl (C=S) groups is 1. The van der Waals surface area contributed by atoms with Crippen LogP contribution in [0.25, 0.3) is 0 Å². The van der Waals surface area contributed by atoms with Gasteiger partial charge in [0.05, 0.1) is 5.71 Å². The van der Waals surface area contributed by atoms with Gasteiger partial charge in [0, 0.05) is 37.3 Å². The van der Waals surface area contributed by atoms with Crippen molar-refractivity contribution >= 4 is 34.6 Å². The summed E-state index contributed by atoms with van der Waals surface area (Å²) in [5.41, 5.74) is 6.42. The van der Waals surface area contributed by atoms with Crippen molar-refractivity contribution in [1.29, 1.82) is 0 Å². The van der Waals surface area contributed by atoms with Gasteiger partial charge in [0.15, 0.2) is 10.9 Å². The van der Waals surface area contributed by atoms with Gasteiger partial charge in [-0.2, -0.15) is 5.10 Å². The minimum absolute atomic E-state index is 0.134. The van der Waals surface area contributed by atoms with Crippen LogP contribution in [0, 0.1) is 6.92 Å². The van der Waals surface area contributed by atoms with E-state index in [-0.39, 0.29) is 5.91 Å². The zero-order valence-electron chi connectivity index (χ0n) is 15.1. The summed E-state index contributed by atoms with van der Waals surface area (Å²) in [4.78, 5) is 13.8. The van der Waals surface area contributed by atoms with Crippen LogP contribution in [0.4, 0.5) is 5.69 Å². The fourth-order valence-corrected chi connectivity index (χ4v) is 3.15. The van der Waals surface area contributed by atoms with E-state index in [1.54, 1.807) is 14.1 Å². The SMILES string of the molecule is Cc1c(C(=O)N(C)C)oc2c1/C(=N/NC(=S)Nc1ccccc1)CCC2. The Balaban J connectivity index is 1.79. The fourth-order valence-electron chi connectivity index (χ4n) is 2.99. The first-order valence-electron chi connectivity index (χ1n) is 8.50. The second kappa shape index (κ2) is 7.70. The number of benzene rings is 1. The number of carbonyl (C=O) groups is 1. The summed E-state index contributed by atoms with van der Waals surface area (Å²) in [6.07, 6.45) is 2.54. The van der Waals surface area contributed by atoms with Crippen LogP contribution in [-0.4, -0.2) is 35.7 Å². The van der Waals surface area contributed by atoms with Crippen molar-refractivity contribution in [3.8, 4) is 0 Å². The predicted molar refractivity (Wildman–Crippen MR) is 107 cm³/mol. The summed E-state index contributed by atoms with van der Waals surface area (Å²) in [6.45, 7) is 1.90. The van der Waals surface area contributed by atoms with Crippen molar-refractivity contribution in [2.24, 2.45) is 5.10 Å². The molecule has 1 aliphatic rings. The predicted octanol–water partition coefficient (Wildman–Crippen LogP) is 3.32.